The van der Waals surface area contributed by atoms with Crippen molar-refractivity contribution in [3.8, 4) is 0 Å². The van der Waals surface area contributed by atoms with E-state index in [2.05, 4.69) is 42.3 Å². The molecule has 2 nitrogen and oxygen atoms in total. The fourth-order valence-corrected chi connectivity index (χ4v) is 4.07. The van der Waals surface area contributed by atoms with Gasteiger partial charge in [0.2, 0.25) is 0 Å². The molecule has 0 bridgehead atoms. The minimum absolute atomic E-state index is 0.572. The van der Waals surface area contributed by atoms with Gasteiger partial charge in [0.25, 0.3) is 0 Å². The smallest absolute Gasteiger partial charge is 0.151 e. The number of benzene rings is 1. The molecular weight excluding hydrogens is 260 g/mol. The third kappa shape index (κ3) is 3.97. The van der Waals surface area contributed by atoms with Crippen LogP contribution in [0.3, 0.4) is 0 Å². The van der Waals surface area contributed by atoms with Gasteiger partial charge in [-0.3, -0.25) is 0 Å². The van der Waals surface area contributed by atoms with Crippen LogP contribution in [0.25, 0.3) is 10.2 Å². The summed E-state index contributed by atoms with van der Waals surface area (Å²) in [4.78, 5) is 4.65. The van der Waals surface area contributed by atoms with Crippen molar-refractivity contribution in [1.29, 1.82) is 0 Å². The summed E-state index contributed by atoms with van der Waals surface area (Å²) in [5.74, 6) is 0. The van der Waals surface area contributed by atoms with E-state index in [0.717, 1.165) is 18.6 Å². The van der Waals surface area contributed by atoms with Gasteiger partial charge in [-0.1, -0.05) is 44.2 Å². The SMILES string of the molecule is CCCCNCC(C)Sc1nc2ccccc2s1. The maximum atomic E-state index is 4.65. The number of hydrogen-bond donors (Lipinski definition) is 1. The first-order valence-corrected chi connectivity index (χ1v) is 8.22. The van der Waals surface area contributed by atoms with Crippen LogP contribution in [0.15, 0.2) is 28.6 Å². The predicted molar refractivity (Wildman–Crippen MR) is 82.7 cm³/mol. The van der Waals surface area contributed by atoms with Crippen LogP contribution in [0.5, 0.6) is 0 Å². The van der Waals surface area contributed by atoms with Crippen molar-refractivity contribution in [3.63, 3.8) is 0 Å². The van der Waals surface area contributed by atoms with Gasteiger partial charge in [-0.2, -0.15) is 0 Å². The second-order valence-electron chi connectivity index (χ2n) is 4.43. The summed E-state index contributed by atoms with van der Waals surface area (Å²) in [5.41, 5.74) is 1.12. The maximum Gasteiger partial charge on any atom is 0.151 e. The Bertz CT molecular complexity index is 448. The molecule has 2 rings (SSSR count). The van der Waals surface area contributed by atoms with Crippen molar-refractivity contribution in [1.82, 2.24) is 10.3 Å². The first-order chi connectivity index (χ1) is 8.79. The number of nitrogens with one attached hydrogen (secondary N) is 1. The molecule has 2 aromatic rings. The minimum atomic E-state index is 0.572. The van der Waals surface area contributed by atoms with Crippen molar-refractivity contribution >= 4 is 33.3 Å². The zero-order valence-electron chi connectivity index (χ0n) is 11.0. The van der Waals surface area contributed by atoms with E-state index >= 15 is 0 Å². The highest BCUT2D eigenvalue weighted by atomic mass is 32.2. The van der Waals surface area contributed by atoms with Crippen molar-refractivity contribution in [2.24, 2.45) is 0 Å². The van der Waals surface area contributed by atoms with E-state index in [1.807, 2.05) is 17.8 Å². The number of thiazole rings is 1. The van der Waals surface area contributed by atoms with Crippen LogP contribution < -0.4 is 5.32 Å². The molecule has 0 spiro atoms. The summed E-state index contributed by atoms with van der Waals surface area (Å²) in [6.07, 6.45) is 2.52. The van der Waals surface area contributed by atoms with Gasteiger partial charge in [0.05, 0.1) is 10.2 Å². The summed E-state index contributed by atoms with van der Waals surface area (Å²) in [7, 11) is 0. The van der Waals surface area contributed by atoms with Crippen LogP contribution >= 0.6 is 23.1 Å². The van der Waals surface area contributed by atoms with Crippen molar-refractivity contribution < 1.29 is 0 Å². The van der Waals surface area contributed by atoms with Gasteiger partial charge >= 0.3 is 0 Å². The molecule has 1 aromatic carbocycles. The standard InChI is InChI=1S/C14H20N2S2/c1-3-4-9-15-10-11(2)17-14-16-12-7-5-6-8-13(12)18-14/h5-8,11,15H,3-4,9-10H2,1-2H3. The number of para-hydroxylation sites is 1. The Balaban J connectivity index is 1.84. The second-order valence-corrected chi connectivity index (χ2v) is 7.15. The Hall–Kier alpha value is -0.580. The third-order valence-corrected chi connectivity index (χ3v) is 4.95. The predicted octanol–water partition coefficient (Wildman–Crippen LogP) is 4.17. The van der Waals surface area contributed by atoms with E-state index in [0.29, 0.717) is 5.25 Å². The van der Waals surface area contributed by atoms with Gasteiger partial charge in [0.15, 0.2) is 4.34 Å². The van der Waals surface area contributed by atoms with Gasteiger partial charge in [0.1, 0.15) is 0 Å². The lowest BCUT2D eigenvalue weighted by Gasteiger charge is -2.09. The van der Waals surface area contributed by atoms with E-state index in [-0.39, 0.29) is 0 Å². The fraction of sp³-hybridized carbons (Fsp3) is 0.500. The highest BCUT2D eigenvalue weighted by Crippen LogP contribution is 2.31. The van der Waals surface area contributed by atoms with Crippen molar-refractivity contribution in [2.75, 3.05) is 13.1 Å². The summed E-state index contributed by atoms with van der Waals surface area (Å²) in [6.45, 7) is 6.67. The van der Waals surface area contributed by atoms with Crippen molar-refractivity contribution in [2.45, 2.75) is 36.3 Å². The van der Waals surface area contributed by atoms with Crippen LogP contribution in [-0.4, -0.2) is 23.3 Å². The van der Waals surface area contributed by atoms with E-state index in [9.17, 15) is 0 Å². The number of rotatable bonds is 7. The summed E-state index contributed by atoms with van der Waals surface area (Å²) in [6, 6.07) is 8.35. The monoisotopic (exact) mass is 280 g/mol. The molecule has 1 heterocycles. The van der Waals surface area contributed by atoms with E-state index < -0.39 is 0 Å². The first-order valence-electron chi connectivity index (χ1n) is 6.52. The molecule has 98 valence electrons. The second kappa shape index (κ2) is 7.12. The number of nitrogens with zero attached hydrogens (tertiary/aromatic N) is 1. The lowest BCUT2D eigenvalue weighted by Crippen LogP contribution is -2.23. The Morgan fingerprint density at radius 3 is 3.00 bits per heavy atom. The maximum absolute atomic E-state index is 4.65. The zero-order valence-corrected chi connectivity index (χ0v) is 12.6. The molecule has 0 aliphatic carbocycles. The molecule has 0 fully saturated rings. The topological polar surface area (TPSA) is 24.9 Å². The third-order valence-electron chi connectivity index (χ3n) is 2.72. The van der Waals surface area contributed by atoms with Gasteiger partial charge in [-0.05, 0) is 25.1 Å². The Kier molecular flexibility index (Phi) is 5.47. The molecule has 18 heavy (non-hydrogen) atoms. The fourth-order valence-electron chi connectivity index (χ4n) is 1.72. The summed E-state index contributed by atoms with van der Waals surface area (Å²) in [5, 5.41) is 4.07. The highest BCUT2D eigenvalue weighted by molar-refractivity contribution is 8.01. The average Bonchev–Trinajstić information content (AvgIpc) is 2.76. The van der Waals surface area contributed by atoms with Crippen LogP contribution in [0.2, 0.25) is 0 Å². The molecule has 1 N–H and O–H groups in total. The van der Waals surface area contributed by atoms with Gasteiger partial charge in [0, 0.05) is 11.8 Å². The molecule has 0 aliphatic rings. The molecule has 1 aromatic heterocycles. The quantitative estimate of drug-likeness (QED) is 0.609. The zero-order chi connectivity index (χ0) is 12.8. The van der Waals surface area contributed by atoms with Gasteiger partial charge in [-0.15, -0.1) is 11.3 Å². The van der Waals surface area contributed by atoms with Gasteiger partial charge in [-0.25, -0.2) is 4.98 Å². The molecule has 0 radical (unpaired) electrons. The molecule has 1 atom stereocenters. The first kappa shape index (κ1) is 13.8. The molecule has 1 unspecified atom stereocenters. The molecular formula is C14H20N2S2. The number of aromatic nitrogens is 1. The van der Waals surface area contributed by atoms with Crippen LogP contribution in [0.4, 0.5) is 0 Å². The molecule has 0 saturated carbocycles. The average molecular weight is 280 g/mol. The molecule has 0 amide bonds. The molecule has 4 heteroatoms. The van der Waals surface area contributed by atoms with Crippen molar-refractivity contribution in [3.05, 3.63) is 24.3 Å². The van der Waals surface area contributed by atoms with E-state index in [1.54, 1.807) is 11.3 Å². The highest BCUT2D eigenvalue weighted by Gasteiger charge is 2.08. The lowest BCUT2D eigenvalue weighted by atomic mass is 10.3. The summed E-state index contributed by atoms with van der Waals surface area (Å²) >= 11 is 3.67. The minimum Gasteiger partial charge on any atom is -0.316 e. The normalized spacial score (nSPS) is 13.0. The Morgan fingerprint density at radius 2 is 2.22 bits per heavy atom. The van der Waals surface area contributed by atoms with E-state index in [1.165, 1.54) is 21.9 Å². The van der Waals surface area contributed by atoms with Gasteiger partial charge < -0.3 is 5.32 Å². The van der Waals surface area contributed by atoms with Crippen LogP contribution in [0, 0.1) is 0 Å². The number of fused-ring (bicyclic) bond motifs is 1. The Labute approximate surface area is 117 Å². The number of hydrogen-bond acceptors (Lipinski definition) is 4. The van der Waals surface area contributed by atoms with Crippen LogP contribution in [0.1, 0.15) is 26.7 Å². The largest absolute Gasteiger partial charge is 0.316 e. The lowest BCUT2D eigenvalue weighted by molar-refractivity contribution is 0.638. The number of unbranched alkanes of at least 4 members (excludes halogenated alkanes) is 1. The van der Waals surface area contributed by atoms with Crippen LogP contribution in [-0.2, 0) is 0 Å². The Morgan fingerprint density at radius 1 is 1.39 bits per heavy atom. The van der Waals surface area contributed by atoms with E-state index in [4.69, 9.17) is 0 Å². The number of thioether (sulfide) groups is 1. The molecule has 0 aliphatic heterocycles. The molecule has 0 saturated heterocycles. The summed E-state index contributed by atoms with van der Waals surface area (Å²) < 4.78 is 2.46.